The van der Waals surface area contributed by atoms with E-state index in [9.17, 15) is 0 Å². The van der Waals surface area contributed by atoms with Crippen molar-refractivity contribution < 1.29 is 9.47 Å². The number of methoxy groups -OCH3 is 2. The van der Waals surface area contributed by atoms with Crippen LogP contribution < -0.4 is 20.1 Å². The second-order valence-electron chi connectivity index (χ2n) is 5.23. The smallest absolute Gasteiger partial charge is 0.142 e. The summed E-state index contributed by atoms with van der Waals surface area (Å²) in [6.45, 7) is 0. The average Bonchev–Trinajstić information content (AvgIpc) is 2.64. The summed E-state index contributed by atoms with van der Waals surface area (Å²) in [5.41, 5.74) is 1.42. The van der Waals surface area contributed by atoms with Gasteiger partial charge in [0, 0.05) is 17.2 Å². The van der Waals surface area contributed by atoms with Crippen LogP contribution in [0, 0.1) is 0 Å². The number of aromatic nitrogens is 2. The van der Waals surface area contributed by atoms with Gasteiger partial charge in [0.1, 0.15) is 29.5 Å². The molecule has 1 heterocycles. The van der Waals surface area contributed by atoms with Crippen molar-refractivity contribution in [3.63, 3.8) is 0 Å². The molecule has 8 heteroatoms. The lowest BCUT2D eigenvalue weighted by Crippen LogP contribution is -2.00. The minimum atomic E-state index is 0.500. The number of halogens is 2. The molecule has 1 aromatic heterocycles. The third-order valence-electron chi connectivity index (χ3n) is 3.53. The zero-order valence-electron chi connectivity index (χ0n) is 14.1. The molecule has 0 aliphatic heterocycles. The fraction of sp³-hybridized carbons (Fsp3) is 0.111. The van der Waals surface area contributed by atoms with Crippen molar-refractivity contribution in [3.05, 3.63) is 58.8 Å². The highest BCUT2D eigenvalue weighted by Gasteiger charge is 2.08. The molecular weight excluding hydrogens is 375 g/mol. The fourth-order valence-electron chi connectivity index (χ4n) is 2.27. The molecule has 0 saturated heterocycles. The molecule has 134 valence electrons. The number of nitrogens with zero attached hydrogens (tertiary/aromatic N) is 2. The maximum atomic E-state index is 6.19. The molecular formula is C18H16Cl2N4O2. The number of ether oxygens (including phenoxy) is 2. The molecule has 2 aromatic carbocycles. The summed E-state index contributed by atoms with van der Waals surface area (Å²) in [5.74, 6) is 2.53. The maximum Gasteiger partial charge on any atom is 0.142 e. The largest absolute Gasteiger partial charge is 0.497 e. The second kappa shape index (κ2) is 8.12. The van der Waals surface area contributed by atoms with Crippen LogP contribution in [0.15, 0.2) is 48.8 Å². The molecule has 0 fully saturated rings. The predicted molar refractivity (Wildman–Crippen MR) is 105 cm³/mol. The fourth-order valence-corrected chi connectivity index (χ4v) is 2.73. The Hall–Kier alpha value is -2.70. The van der Waals surface area contributed by atoms with Gasteiger partial charge in [0.05, 0.1) is 30.6 Å². The van der Waals surface area contributed by atoms with Crippen LogP contribution in [0.25, 0.3) is 0 Å². The van der Waals surface area contributed by atoms with Gasteiger partial charge in [-0.25, -0.2) is 9.97 Å². The van der Waals surface area contributed by atoms with Crippen molar-refractivity contribution in [1.82, 2.24) is 9.97 Å². The molecule has 0 aliphatic rings. The minimum absolute atomic E-state index is 0.500. The van der Waals surface area contributed by atoms with Crippen LogP contribution >= 0.6 is 23.2 Å². The summed E-state index contributed by atoms with van der Waals surface area (Å²) < 4.78 is 10.6. The zero-order valence-corrected chi connectivity index (χ0v) is 15.6. The highest BCUT2D eigenvalue weighted by Crippen LogP contribution is 2.32. The molecule has 3 rings (SSSR count). The van der Waals surface area contributed by atoms with Crippen molar-refractivity contribution >= 4 is 46.2 Å². The van der Waals surface area contributed by atoms with Crippen molar-refractivity contribution in [1.29, 1.82) is 0 Å². The number of anilines is 4. The lowest BCUT2D eigenvalue weighted by molar-refractivity contribution is 0.405. The molecule has 0 radical (unpaired) electrons. The third kappa shape index (κ3) is 4.28. The molecule has 6 nitrogen and oxygen atoms in total. The first-order valence-electron chi connectivity index (χ1n) is 7.62. The summed E-state index contributed by atoms with van der Waals surface area (Å²) in [6, 6.07) is 12.4. The van der Waals surface area contributed by atoms with Gasteiger partial charge in [-0.3, -0.25) is 0 Å². The quantitative estimate of drug-likeness (QED) is 0.595. The maximum absolute atomic E-state index is 6.19. The van der Waals surface area contributed by atoms with E-state index in [-0.39, 0.29) is 0 Å². The first kappa shape index (κ1) is 18.1. The first-order chi connectivity index (χ1) is 12.6. The van der Waals surface area contributed by atoms with E-state index < -0.39 is 0 Å². The van der Waals surface area contributed by atoms with E-state index in [2.05, 4.69) is 20.6 Å². The molecule has 2 N–H and O–H groups in total. The predicted octanol–water partition coefficient (Wildman–Crippen LogP) is 5.29. The standard InChI is InChI=1S/C18H16Cl2N4O2/c1-25-12-4-6-16(26-2)15(8-12)24-18-9-17(21-10-22-18)23-14-5-3-11(19)7-13(14)20/h3-10H,1-2H3,(H2,21,22,23,24). The lowest BCUT2D eigenvalue weighted by Gasteiger charge is -2.13. The second-order valence-corrected chi connectivity index (χ2v) is 6.07. The molecule has 0 bridgehead atoms. The number of benzene rings is 2. The van der Waals surface area contributed by atoms with Gasteiger partial charge in [-0.1, -0.05) is 23.2 Å². The van der Waals surface area contributed by atoms with Gasteiger partial charge < -0.3 is 20.1 Å². The van der Waals surface area contributed by atoms with Crippen molar-refractivity contribution in [2.24, 2.45) is 0 Å². The Kier molecular flexibility index (Phi) is 5.65. The molecule has 0 saturated carbocycles. The highest BCUT2D eigenvalue weighted by molar-refractivity contribution is 6.36. The Morgan fingerprint density at radius 1 is 0.808 bits per heavy atom. The topological polar surface area (TPSA) is 68.3 Å². The number of hydrogen-bond donors (Lipinski definition) is 2. The van der Waals surface area contributed by atoms with Crippen molar-refractivity contribution in [2.45, 2.75) is 0 Å². The van der Waals surface area contributed by atoms with Crippen molar-refractivity contribution in [2.75, 3.05) is 24.9 Å². The number of hydrogen-bond acceptors (Lipinski definition) is 6. The van der Waals surface area contributed by atoms with E-state index >= 15 is 0 Å². The van der Waals surface area contributed by atoms with E-state index in [0.29, 0.717) is 38.9 Å². The summed E-state index contributed by atoms with van der Waals surface area (Å²) >= 11 is 12.1. The van der Waals surface area contributed by atoms with Crippen LogP contribution in [-0.2, 0) is 0 Å². The normalized spacial score (nSPS) is 10.3. The average molecular weight is 391 g/mol. The third-order valence-corrected chi connectivity index (χ3v) is 4.08. The first-order valence-corrected chi connectivity index (χ1v) is 8.38. The van der Waals surface area contributed by atoms with Crippen LogP contribution in [0.1, 0.15) is 0 Å². The highest BCUT2D eigenvalue weighted by atomic mass is 35.5. The van der Waals surface area contributed by atoms with E-state index in [1.165, 1.54) is 6.33 Å². The molecule has 0 atom stereocenters. The van der Waals surface area contributed by atoms with Gasteiger partial charge >= 0.3 is 0 Å². The van der Waals surface area contributed by atoms with Gasteiger partial charge in [-0.05, 0) is 30.3 Å². The van der Waals surface area contributed by atoms with Gasteiger partial charge in [0.2, 0.25) is 0 Å². The Morgan fingerprint density at radius 2 is 1.54 bits per heavy atom. The Morgan fingerprint density at radius 3 is 2.19 bits per heavy atom. The molecule has 3 aromatic rings. The molecule has 0 spiro atoms. The van der Waals surface area contributed by atoms with Gasteiger partial charge in [0.15, 0.2) is 0 Å². The van der Waals surface area contributed by atoms with Gasteiger partial charge in [-0.15, -0.1) is 0 Å². The molecule has 0 unspecified atom stereocenters. The summed E-state index contributed by atoms with van der Waals surface area (Å²) in [7, 11) is 3.21. The summed E-state index contributed by atoms with van der Waals surface area (Å²) in [6.07, 6.45) is 1.45. The van der Waals surface area contributed by atoms with Crippen LogP contribution in [0.4, 0.5) is 23.0 Å². The van der Waals surface area contributed by atoms with Crippen LogP contribution in [-0.4, -0.2) is 24.2 Å². The summed E-state index contributed by atoms with van der Waals surface area (Å²) in [5, 5.41) is 7.40. The van der Waals surface area contributed by atoms with Crippen LogP contribution in [0.5, 0.6) is 11.5 Å². The monoisotopic (exact) mass is 390 g/mol. The molecule has 0 amide bonds. The van der Waals surface area contributed by atoms with Crippen molar-refractivity contribution in [3.8, 4) is 11.5 Å². The Labute approximate surface area is 161 Å². The van der Waals surface area contributed by atoms with E-state index in [4.69, 9.17) is 32.7 Å². The van der Waals surface area contributed by atoms with Gasteiger partial charge in [0.25, 0.3) is 0 Å². The van der Waals surface area contributed by atoms with E-state index in [1.54, 1.807) is 38.5 Å². The number of rotatable bonds is 6. The van der Waals surface area contributed by atoms with Crippen LogP contribution in [0.2, 0.25) is 10.0 Å². The van der Waals surface area contributed by atoms with Crippen LogP contribution in [0.3, 0.4) is 0 Å². The molecule has 0 aliphatic carbocycles. The lowest BCUT2D eigenvalue weighted by atomic mass is 10.2. The minimum Gasteiger partial charge on any atom is -0.497 e. The SMILES string of the molecule is COc1ccc(OC)c(Nc2cc(Nc3ccc(Cl)cc3Cl)ncn2)c1. The number of nitrogens with one attached hydrogen (secondary N) is 2. The Bertz CT molecular complexity index is 921. The van der Waals surface area contributed by atoms with E-state index in [0.717, 1.165) is 5.69 Å². The Balaban J connectivity index is 1.84. The molecule has 26 heavy (non-hydrogen) atoms. The summed E-state index contributed by atoms with van der Waals surface area (Å²) in [4.78, 5) is 8.44. The zero-order chi connectivity index (χ0) is 18.5. The van der Waals surface area contributed by atoms with E-state index in [1.807, 2.05) is 18.2 Å². The van der Waals surface area contributed by atoms with Gasteiger partial charge in [-0.2, -0.15) is 0 Å².